The average molecular weight is 228 g/mol. The van der Waals surface area contributed by atoms with Crippen LogP contribution in [0.25, 0.3) is 10.8 Å². The number of hydrogen-bond donors (Lipinski definition) is 0. The zero-order valence-electron chi connectivity index (χ0n) is 10.9. The molecule has 0 amide bonds. The minimum atomic E-state index is 0.330. The highest BCUT2D eigenvalue weighted by molar-refractivity contribution is 5.83. The Bertz CT molecular complexity index is 494. The van der Waals surface area contributed by atoms with Crippen molar-refractivity contribution in [3.05, 3.63) is 42.5 Å². The fraction of sp³-hybridized carbons (Fsp3) is 0.375. The number of hydrogen-bond acceptors (Lipinski definition) is 1. The highest BCUT2D eigenvalue weighted by Crippen LogP contribution is 2.22. The van der Waals surface area contributed by atoms with E-state index in [4.69, 9.17) is 4.74 Å². The van der Waals surface area contributed by atoms with E-state index in [1.807, 2.05) is 6.07 Å². The first-order valence-corrected chi connectivity index (χ1v) is 6.16. The van der Waals surface area contributed by atoms with Crippen molar-refractivity contribution in [2.24, 2.45) is 5.41 Å². The molecule has 0 saturated heterocycles. The highest BCUT2D eigenvalue weighted by atomic mass is 16.5. The first-order valence-electron chi connectivity index (χ1n) is 6.16. The first-order chi connectivity index (χ1) is 8.04. The second-order valence-corrected chi connectivity index (χ2v) is 5.67. The molecule has 0 aliphatic heterocycles. The molecule has 0 unspecified atom stereocenters. The van der Waals surface area contributed by atoms with E-state index in [-0.39, 0.29) is 0 Å². The molecule has 0 atom stereocenters. The molecule has 0 fully saturated rings. The van der Waals surface area contributed by atoms with Crippen LogP contribution >= 0.6 is 0 Å². The van der Waals surface area contributed by atoms with Gasteiger partial charge in [-0.15, -0.1) is 0 Å². The smallest absolute Gasteiger partial charge is 0.119 e. The lowest BCUT2D eigenvalue weighted by Gasteiger charge is -2.18. The number of fused-ring (bicyclic) bond motifs is 1. The van der Waals surface area contributed by atoms with Gasteiger partial charge >= 0.3 is 0 Å². The molecule has 0 spiro atoms. The van der Waals surface area contributed by atoms with Gasteiger partial charge < -0.3 is 4.74 Å². The van der Waals surface area contributed by atoms with Crippen molar-refractivity contribution in [2.45, 2.75) is 27.2 Å². The molecule has 17 heavy (non-hydrogen) atoms. The van der Waals surface area contributed by atoms with E-state index in [9.17, 15) is 0 Å². The summed E-state index contributed by atoms with van der Waals surface area (Å²) in [6.07, 6.45) is 1.07. The van der Waals surface area contributed by atoms with Gasteiger partial charge in [-0.1, -0.05) is 51.1 Å². The van der Waals surface area contributed by atoms with Crippen LogP contribution in [0.15, 0.2) is 42.5 Å². The molecule has 0 aliphatic carbocycles. The monoisotopic (exact) mass is 228 g/mol. The van der Waals surface area contributed by atoms with Crippen molar-refractivity contribution in [1.29, 1.82) is 0 Å². The van der Waals surface area contributed by atoms with Gasteiger partial charge in [0.05, 0.1) is 6.61 Å². The van der Waals surface area contributed by atoms with Crippen molar-refractivity contribution >= 4 is 10.8 Å². The minimum Gasteiger partial charge on any atom is -0.494 e. The fourth-order valence-corrected chi connectivity index (χ4v) is 1.73. The lowest BCUT2D eigenvalue weighted by atomic mass is 9.93. The summed E-state index contributed by atoms with van der Waals surface area (Å²) in [5, 5.41) is 2.50. The van der Waals surface area contributed by atoms with E-state index < -0.39 is 0 Å². The zero-order chi connectivity index (χ0) is 12.3. The fourth-order valence-electron chi connectivity index (χ4n) is 1.73. The van der Waals surface area contributed by atoms with Crippen molar-refractivity contribution < 1.29 is 4.74 Å². The van der Waals surface area contributed by atoms with Crippen LogP contribution in [0.4, 0.5) is 0 Å². The molecule has 0 aromatic heterocycles. The molecule has 0 aliphatic rings. The Balaban J connectivity index is 2.04. The Kier molecular flexibility index (Phi) is 3.37. The normalized spacial score (nSPS) is 11.7. The maximum absolute atomic E-state index is 5.79. The molecule has 0 bridgehead atoms. The van der Waals surface area contributed by atoms with Gasteiger partial charge in [0.15, 0.2) is 0 Å². The summed E-state index contributed by atoms with van der Waals surface area (Å²) in [6, 6.07) is 14.6. The quantitative estimate of drug-likeness (QED) is 0.742. The van der Waals surface area contributed by atoms with Crippen LogP contribution in [0.3, 0.4) is 0 Å². The molecular weight excluding hydrogens is 208 g/mol. The van der Waals surface area contributed by atoms with Gasteiger partial charge in [0.1, 0.15) is 5.75 Å². The molecule has 0 saturated carbocycles. The van der Waals surface area contributed by atoms with Crippen LogP contribution < -0.4 is 4.74 Å². The van der Waals surface area contributed by atoms with Crippen molar-refractivity contribution in [3.8, 4) is 5.75 Å². The van der Waals surface area contributed by atoms with Gasteiger partial charge in [-0.25, -0.2) is 0 Å². The molecule has 0 heterocycles. The second kappa shape index (κ2) is 4.79. The molecule has 0 N–H and O–H groups in total. The van der Waals surface area contributed by atoms with Gasteiger partial charge in [0.2, 0.25) is 0 Å². The average Bonchev–Trinajstić information content (AvgIpc) is 2.27. The van der Waals surface area contributed by atoms with E-state index in [1.165, 1.54) is 10.8 Å². The summed E-state index contributed by atoms with van der Waals surface area (Å²) in [5.41, 5.74) is 0.330. The third-order valence-corrected chi connectivity index (χ3v) is 2.84. The Morgan fingerprint density at radius 1 is 0.941 bits per heavy atom. The van der Waals surface area contributed by atoms with E-state index in [0.717, 1.165) is 18.8 Å². The maximum atomic E-state index is 5.79. The molecule has 90 valence electrons. The molecule has 0 radical (unpaired) electrons. The number of ether oxygens (including phenoxy) is 1. The van der Waals surface area contributed by atoms with Crippen molar-refractivity contribution in [3.63, 3.8) is 0 Å². The van der Waals surface area contributed by atoms with Crippen molar-refractivity contribution in [1.82, 2.24) is 0 Å². The minimum absolute atomic E-state index is 0.330. The van der Waals surface area contributed by atoms with Gasteiger partial charge in [-0.2, -0.15) is 0 Å². The zero-order valence-corrected chi connectivity index (χ0v) is 10.9. The molecule has 2 rings (SSSR count). The lowest BCUT2D eigenvalue weighted by molar-refractivity contribution is 0.243. The summed E-state index contributed by atoms with van der Waals surface area (Å²) in [4.78, 5) is 0. The summed E-state index contributed by atoms with van der Waals surface area (Å²) in [5.74, 6) is 0.966. The molecule has 1 nitrogen and oxygen atoms in total. The summed E-state index contributed by atoms with van der Waals surface area (Å²) in [7, 11) is 0. The number of rotatable bonds is 3. The highest BCUT2D eigenvalue weighted by Gasteiger charge is 2.09. The molecule has 1 heteroatoms. The van der Waals surface area contributed by atoms with Crippen molar-refractivity contribution in [2.75, 3.05) is 6.61 Å². The predicted octanol–water partition coefficient (Wildman–Crippen LogP) is 4.65. The number of benzene rings is 2. The van der Waals surface area contributed by atoms with E-state index in [1.54, 1.807) is 0 Å². The van der Waals surface area contributed by atoms with E-state index >= 15 is 0 Å². The Morgan fingerprint density at radius 3 is 2.35 bits per heavy atom. The standard InChI is InChI=1S/C16H20O/c1-16(2,3)10-11-17-15-9-8-13-6-4-5-7-14(13)12-15/h4-9,12H,10-11H2,1-3H3. The third-order valence-electron chi connectivity index (χ3n) is 2.84. The SMILES string of the molecule is CC(C)(C)CCOc1ccc2ccccc2c1. The summed E-state index contributed by atoms with van der Waals surface area (Å²) >= 11 is 0. The third kappa shape index (κ3) is 3.48. The van der Waals surface area contributed by atoms with Crippen LogP contribution in [-0.4, -0.2) is 6.61 Å². The van der Waals surface area contributed by atoms with Gasteiger partial charge in [0.25, 0.3) is 0 Å². The van der Waals surface area contributed by atoms with Gasteiger partial charge in [0, 0.05) is 0 Å². The van der Waals surface area contributed by atoms with Crippen LogP contribution in [0, 0.1) is 5.41 Å². The molecule has 2 aromatic carbocycles. The Labute approximate surface area is 103 Å². The predicted molar refractivity (Wildman–Crippen MR) is 73.5 cm³/mol. The summed E-state index contributed by atoms with van der Waals surface area (Å²) in [6.45, 7) is 7.48. The molecular formula is C16H20O. The lowest BCUT2D eigenvalue weighted by Crippen LogP contribution is -2.11. The maximum Gasteiger partial charge on any atom is 0.119 e. The Morgan fingerprint density at radius 2 is 1.65 bits per heavy atom. The van der Waals surface area contributed by atoms with Crippen LogP contribution in [0.1, 0.15) is 27.2 Å². The van der Waals surface area contributed by atoms with E-state index in [0.29, 0.717) is 5.41 Å². The molecule has 2 aromatic rings. The van der Waals surface area contributed by atoms with Gasteiger partial charge in [-0.05, 0) is 34.7 Å². The second-order valence-electron chi connectivity index (χ2n) is 5.67. The van der Waals surface area contributed by atoms with E-state index in [2.05, 4.69) is 57.2 Å². The van der Waals surface area contributed by atoms with Crippen LogP contribution in [0.2, 0.25) is 0 Å². The topological polar surface area (TPSA) is 9.23 Å². The largest absolute Gasteiger partial charge is 0.494 e. The van der Waals surface area contributed by atoms with Gasteiger partial charge in [-0.3, -0.25) is 0 Å². The van der Waals surface area contributed by atoms with Crippen LogP contribution in [0.5, 0.6) is 5.75 Å². The Hall–Kier alpha value is -1.50. The summed E-state index contributed by atoms with van der Waals surface area (Å²) < 4.78 is 5.79. The first kappa shape index (κ1) is 12.0. The van der Waals surface area contributed by atoms with Crippen LogP contribution in [-0.2, 0) is 0 Å².